The lowest BCUT2D eigenvalue weighted by molar-refractivity contribution is 0.0578. The van der Waals surface area contributed by atoms with Gasteiger partial charge in [0.2, 0.25) is 5.95 Å². The maximum absolute atomic E-state index is 5.89. The summed E-state index contributed by atoms with van der Waals surface area (Å²) in [5, 5.41) is 0. The number of nitrogens with zero attached hydrogens (tertiary/aromatic N) is 7. The van der Waals surface area contributed by atoms with E-state index in [9.17, 15) is 0 Å². The van der Waals surface area contributed by atoms with Gasteiger partial charge in [-0.3, -0.25) is 0 Å². The highest BCUT2D eigenvalue weighted by atomic mass is 16.5. The van der Waals surface area contributed by atoms with Crippen molar-refractivity contribution in [3.63, 3.8) is 0 Å². The molecule has 0 aromatic carbocycles. The second-order valence-electron chi connectivity index (χ2n) is 7.88. The molecular weight excluding hydrogens is 366 g/mol. The van der Waals surface area contributed by atoms with Gasteiger partial charge in [-0.05, 0) is 47.1 Å². The van der Waals surface area contributed by atoms with Crippen LogP contribution in [0.2, 0.25) is 0 Å². The Kier molecular flexibility index (Phi) is 6.95. The maximum atomic E-state index is 5.89. The van der Waals surface area contributed by atoms with Gasteiger partial charge in [0.25, 0.3) is 0 Å². The molecule has 3 heterocycles. The molecule has 1 saturated heterocycles. The van der Waals surface area contributed by atoms with E-state index >= 15 is 0 Å². The van der Waals surface area contributed by atoms with Gasteiger partial charge in [0.05, 0.1) is 0 Å². The van der Waals surface area contributed by atoms with Crippen LogP contribution in [-0.2, 0) is 4.74 Å². The Morgan fingerprint density at radius 1 is 1.07 bits per heavy atom. The van der Waals surface area contributed by atoms with Gasteiger partial charge in [0.1, 0.15) is 23.6 Å². The van der Waals surface area contributed by atoms with E-state index in [4.69, 9.17) is 9.72 Å². The van der Waals surface area contributed by atoms with Gasteiger partial charge >= 0.3 is 0 Å². The number of ether oxygens (including phenoxy) is 1. The predicted molar refractivity (Wildman–Crippen MR) is 114 cm³/mol. The molecule has 29 heavy (non-hydrogen) atoms. The van der Waals surface area contributed by atoms with Crippen LogP contribution in [0.15, 0.2) is 12.3 Å². The molecule has 1 fully saturated rings. The first kappa shape index (κ1) is 21.4. The number of unbranched alkanes of at least 4 members (excludes halogenated alkanes) is 1. The van der Waals surface area contributed by atoms with E-state index in [0.717, 1.165) is 61.8 Å². The number of aromatic nitrogens is 5. The summed E-state index contributed by atoms with van der Waals surface area (Å²) in [7, 11) is 0. The lowest BCUT2D eigenvalue weighted by atomic mass is 10.1. The van der Waals surface area contributed by atoms with E-state index in [1.165, 1.54) is 0 Å². The van der Waals surface area contributed by atoms with Crippen molar-refractivity contribution in [2.75, 3.05) is 29.5 Å². The number of piperazine rings is 1. The maximum Gasteiger partial charge on any atom is 0.228 e. The van der Waals surface area contributed by atoms with Crippen molar-refractivity contribution in [1.29, 1.82) is 0 Å². The van der Waals surface area contributed by atoms with Gasteiger partial charge in [-0.1, -0.05) is 13.3 Å². The fourth-order valence-electron chi connectivity index (χ4n) is 3.86. The third-order valence-electron chi connectivity index (χ3n) is 5.20. The zero-order valence-electron chi connectivity index (χ0n) is 18.5. The number of hydrogen-bond donors (Lipinski definition) is 0. The third kappa shape index (κ3) is 5.18. The summed E-state index contributed by atoms with van der Waals surface area (Å²) in [5.41, 5.74) is 0. The summed E-state index contributed by atoms with van der Waals surface area (Å²) < 4.78 is 5.89. The van der Waals surface area contributed by atoms with Crippen LogP contribution in [0.4, 0.5) is 11.8 Å². The molecular formula is C21H33N7O. The summed E-state index contributed by atoms with van der Waals surface area (Å²) in [6.45, 7) is 14.8. The topological polar surface area (TPSA) is 80.2 Å². The number of anilines is 2. The van der Waals surface area contributed by atoms with E-state index in [2.05, 4.69) is 50.5 Å². The molecule has 0 aliphatic carbocycles. The van der Waals surface area contributed by atoms with E-state index in [1.807, 2.05) is 33.0 Å². The normalized spacial score (nSPS) is 20.8. The van der Waals surface area contributed by atoms with Gasteiger partial charge in [0.15, 0.2) is 5.82 Å². The SMILES string of the molecule is CCCCO[C@H](C)c1nccc(N2[C@H](C)CN(c3nc(C)nc(C)n3)C[C@@H]2C)n1. The van der Waals surface area contributed by atoms with E-state index in [0.29, 0.717) is 0 Å². The van der Waals surface area contributed by atoms with E-state index in [-0.39, 0.29) is 18.2 Å². The fourth-order valence-corrected chi connectivity index (χ4v) is 3.86. The fraction of sp³-hybridized carbons (Fsp3) is 0.667. The van der Waals surface area contributed by atoms with Crippen LogP contribution in [0.1, 0.15) is 64.1 Å². The van der Waals surface area contributed by atoms with Crippen LogP contribution >= 0.6 is 0 Å². The summed E-state index contributed by atoms with van der Waals surface area (Å²) in [5.74, 6) is 3.96. The minimum atomic E-state index is -0.107. The summed E-state index contributed by atoms with van der Waals surface area (Å²) in [6, 6.07) is 2.51. The molecule has 0 unspecified atom stereocenters. The molecule has 1 aliphatic heterocycles. The van der Waals surface area contributed by atoms with Crippen LogP contribution in [-0.4, -0.2) is 56.7 Å². The van der Waals surface area contributed by atoms with Crippen molar-refractivity contribution >= 4 is 11.8 Å². The Bertz CT molecular complexity index is 783. The van der Waals surface area contributed by atoms with Gasteiger partial charge < -0.3 is 14.5 Å². The lowest BCUT2D eigenvalue weighted by Crippen LogP contribution is -2.57. The monoisotopic (exact) mass is 399 g/mol. The quantitative estimate of drug-likeness (QED) is 0.656. The average molecular weight is 400 g/mol. The van der Waals surface area contributed by atoms with Gasteiger partial charge in [0, 0.05) is 38.0 Å². The largest absolute Gasteiger partial charge is 0.371 e. The van der Waals surface area contributed by atoms with Crippen LogP contribution in [0.3, 0.4) is 0 Å². The second-order valence-corrected chi connectivity index (χ2v) is 7.88. The predicted octanol–water partition coefficient (Wildman–Crippen LogP) is 3.26. The van der Waals surface area contributed by atoms with Crippen molar-refractivity contribution in [2.45, 2.75) is 72.6 Å². The summed E-state index contributed by atoms with van der Waals surface area (Å²) >= 11 is 0. The molecule has 2 aromatic heterocycles. The third-order valence-corrected chi connectivity index (χ3v) is 5.20. The van der Waals surface area contributed by atoms with Crippen LogP contribution < -0.4 is 9.80 Å². The first-order valence-corrected chi connectivity index (χ1v) is 10.6. The molecule has 0 N–H and O–H groups in total. The molecule has 8 nitrogen and oxygen atoms in total. The van der Waals surface area contributed by atoms with Crippen molar-refractivity contribution in [1.82, 2.24) is 24.9 Å². The number of aryl methyl sites for hydroxylation is 2. The van der Waals surface area contributed by atoms with Crippen molar-refractivity contribution in [2.24, 2.45) is 0 Å². The highest BCUT2D eigenvalue weighted by Crippen LogP contribution is 2.26. The Morgan fingerprint density at radius 3 is 2.34 bits per heavy atom. The highest BCUT2D eigenvalue weighted by Gasteiger charge is 2.32. The Morgan fingerprint density at radius 2 is 1.72 bits per heavy atom. The average Bonchev–Trinajstić information content (AvgIpc) is 2.67. The minimum absolute atomic E-state index is 0.107. The molecule has 158 valence electrons. The molecule has 0 spiro atoms. The molecule has 2 aromatic rings. The van der Waals surface area contributed by atoms with Gasteiger partial charge in [-0.25, -0.2) is 15.0 Å². The Balaban J connectivity index is 1.74. The Labute approximate surface area is 173 Å². The molecule has 1 aliphatic rings. The van der Waals surface area contributed by atoms with Crippen LogP contribution in [0.5, 0.6) is 0 Å². The molecule has 8 heteroatoms. The molecule has 3 rings (SSSR count). The number of hydrogen-bond acceptors (Lipinski definition) is 8. The first-order valence-electron chi connectivity index (χ1n) is 10.6. The summed E-state index contributed by atoms with van der Waals surface area (Å²) in [6.07, 6.45) is 3.90. The molecule has 3 atom stereocenters. The van der Waals surface area contributed by atoms with E-state index < -0.39 is 0 Å². The first-order chi connectivity index (χ1) is 13.9. The standard InChI is InChI=1S/C21H33N7O/c1-7-8-11-29-16(4)20-22-10-9-19(26-20)28-14(2)12-27(13-15(28)3)21-24-17(5)23-18(6)25-21/h9-10,14-16H,7-8,11-13H2,1-6H3/t14-,15+,16-/m1/s1. The van der Waals surface area contributed by atoms with Crippen LogP contribution in [0.25, 0.3) is 0 Å². The molecule has 0 saturated carbocycles. The van der Waals surface area contributed by atoms with Crippen molar-refractivity contribution in [3.05, 3.63) is 29.7 Å². The molecule has 0 bridgehead atoms. The Hall–Kier alpha value is -2.35. The van der Waals surface area contributed by atoms with Gasteiger partial charge in [-0.2, -0.15) is 9.97 Å². The zero-order valence-corrected chi connectivity index (χ0v) is 18.5. The second kappa shape index (κ2) is 9.43. The van der Waals surface area contributed by atoms with E-state index in [1.54, 1.807) is 0 Å². The van der Waals surface area contributed by atoms with Crippen molar-refractivity contribution < 1.29 is 4.74 Å². The zero-order chi connectivity index (χ0) is 21.0. The lowest BCUT2D eigenvalue weighted by Gasteiger charge is -2.45. The smallest absolute Gasteiger partial charge is 0.228 e. The van der Waals surface area contributed by atoms with Gasteiger partial charge in [-0.15, -0.1) is 0 Å². The number of rotatable bonds is 7. The highest BCUT2D eigenvalue weighted by molar-refractivity contribution is 5.45. The minimum Gasteiger partial charge on any atom is -0.371 e. The molecule has 0 amide bonds. The summed E-state index contributed by atoms with van der Waals surface area (Å²) in [4.78, 5) is 27.3. The van der Waals surface area contributed by atoms with Crippen molar-refractivity contribution in [3.8, 4) is 0 Å². The molecule has 0 radical (unpaired) electrons. The van der Waals surface area contributed by atoms with Crippen LogP contribution in [0, 0.1) is 13.8 Å².